The summed E-state index contributed by atoms with van der Waals surface area (Å²) < 4.78 is 34.9. The monoisotopic (exact) mass is 457 g/mol. The van der Waals surface area contributed by atoms with Crippen LogP contribution in [0.1, 0.15) is 104 Å². The Kier molecular flexibility index (Phi) is 11.4. The van der Waals surface area contributed by atoms with Crippen LogP contribution in [0.15, 0.2) is 0 Å². The van der Waals surface area contributed by atoms with E-state index < -0.39 is 14.0 Å². The van der Waals surface area contributed by atoms with Crippen LogP contribution in [-0.2, 0) is 27.9 Å². The fourth-order valence-corrected chi connectivity index (χ4v) is 3.14. The van der Waals surface area contributed by atoms with Gasteiger partial charge in [0.25, 0.3) is 0 Å². The number of rotatable bonds is 1. The van der Waals surface area contributed by atoms with E-state index in [1.165, 1.54) is 0 Å². The third-order valence-electron chi connectivity index (χ3n) is 7.14. The molecule has 32 heavy (non-hydrogen) atoms. The second-order valence-corrected chi connectivity index (χ2v) is 11.1. The van der Waals surface area contributed by atoms with E-state index >= 15 is 0 Å². The topological polar surface area (TPSA) is 55.4 Å². The minimum atomic E-state index is -0.476. The van der Waals surface area contributed by atoms with E-state index in [9.17, 15) is 0 Å². The lowest BCUT2D eigenvalue weighted by Crippen LogP contribution is -2.41. The lowest BCUT2D eigenvalue weighted by molar-refractivity contribution is 0.00578. The summed E-state index contributed by atoms with van der Waals surface area (Å²) in [5, 5.41) is 0. The van der Waals surface area contributed by atoms with Gasteiger partial charge in [0.2, 0.25) is 0 Å². The first-order chi connectivity index (χ1) is 13.2. The van der Waals surface area contributed by atoms with Crippen LogP contribution in [0.2, 0.25) is 6.82 Å². The molecule has 0 radical (unpaired) electrons. The fourth-order valence-electron chi connectivity index (χ4n) is 3.14. The summed E-state index contributed by atoms with van der Waals surface area (Å²) in [6.45, 7) is 30.3. The summed E-state index contributed by atoms with van der Waals surface area (Å²) in [4.78, 5) is 0. The molecule has 6 nitrogen and oxygen atoms in total. The highest BCUT2D eigenvalue weighted by atomic mass is 16.7. The maximum atomic E-state index is 5.96. The maximum Gasteiger partial charge on any atom is 0.488 e. The third kappa shape index (κ3) is 6.76. The Labute approximate surface area is 201 Å². The molecule has 3 aliphatic heterocycles. The van der Waals surface area contributed by atoms with Crippen LogP contribution in [0.4, 0.5) is 0 Å². The van der Waals surface area contributed by atoms with Gasteiger partial charge in [-0.25, -0.2) is 0 Å². The number of hydrogen-bond donors (Lipinski definition) is 0. The van der Waals surface area contributed by atoms with Crippen molar-refractivity contribution in [2.24, 2.45) is 0 Å². The van der Waals surface area contributed by atoms with E-state index in [1.54, 1.807) is 0 Å². The lowest BCUT2D eigenvalue weighted by Gasteiger charge is -2.32. The summed E-state index contributed by atoms with van der Waals surface area (Å²) in [6.07, 6.45) is 0. The SMILES string of the molecule is C.CB1OC(C)(C)C(C)(C)O1.CC.CC1(C)OB(B2OC(C)(C)C(C)(C)O2)OC1(C)C.[CH3-]. The first-order valence-corrected chi connectivity index (χ1v) is 11.3. The van der Waals surface area contributed by atoms with E-state index in [4.69, 9.17) is 27.9 Å². The predicted molar refractivity (Wildman–Crippen MR) is 139 cm³/mol. The van der Waals surface area contributed by atoms with E-state index in [0.717, 1.165) is 0 Å². The minimum absolute atomic E-state index is 0. The largest absolute Gasteiger partial charge is 0.488 e. The second kappa shape index (κ2) is 10.7. The molecular weight excluding hydrogens is 405 g/mol. The Bertz CT molecular complexity index is 508. The molecule has 0 amide bonds. The normalized spacial score (nSPS) is 27.3. The summed E-state index contributed by atoms with van der Waals surface area (Å²) in [7, 11) is -1.02. The van der Waals surface area contributed by atoms with Gasteiger partial charge in [0.1, 0.15) is 0 Å². The highest BCUT2D eigenvalue weighted by Crippen LogP contribution is 2.43. The molecule has 0 spiro atoms. The van der Waals surface area contributed by atoms with Crippen molar-refractivity contribution in [2.75, 3.05) is 0 Å². The molecule has 3 rings (SSSR count). The predicted octanol–water partition coefficient (Wildman–Crippen LogP) is 6.07. The Morgan fingerprint density at radius 3 is 0.688 bits per heavy atom. The zero-order valence-electron chi connectivity index (χ0n) is 23.2. The molecule has 0 aliphatic carbocycles. The van der Waals surface area contributed by atoms with Crippen molar-refractivity contribution in [3.05, 3.63) is 7.43 Å². The van der Waals surface area contributed by atoms with E-state index in [2.05, 4.69) is 27.7 Å². The zero-order chi connectivity index (χ0) is 24.0. The van der Waals surface area contributed by atoms with Gasteiger partial charge in [-0.2, -0.15) is 0 Å². The summed E-state index contributed by atoms with van der Waals surface area (Å²) >= 11 is 0. The molecule has 0 aromatic carbocycles. The highest BCUT2D eigenvalue weighted by molar-refractivity contribution is 7.11. The standard InChI is InChI=1S/C12H24B2O4.C7H15BO2.C2H6.CH4.CH3/c1-9(2)10(3,4)16-13(15-9)14-17-11(5,6)12(7,8)18-14;1-6(2)7(3,4)10-8(5)9-6;1-2;;/h1-8H3;1-5H3;1-2H3;1H4;1H3/q;;;;-1. The van der Waals surface area contributed by atoms with Crippen LogP contribution in [0.3, 0.4) is 0 Å². The van der Waals surface area contributed by atoms with Crippen LogP contribution in [0, 0.1) is 7.43 Å². The number of hydrogen-bond acceptors (Lipinski definition) is 6. The van der Waals surface area contributed by atoms with Gasteiger partial charge in [-0.15, -0.1) is 0 Å². The average molecular weight is 457 g/mol. The van der Waals surface area contributed by atoms with Gasteiger partial charge in [-0.05, 0) is 89.9 Å². The van der Waals surface area contributed by atoms with Gasteiger partial charge >= 0.3 is 21.1 Å². The van der Waals surface area contributed by atoms with Crippen molar-refractivity contribution >= 4 is 21.1 Å². The molecule has 0 aromatic rings. The van der Waals surface area contributed by atoms with Gasteiger partial charge in [0, 0.05) is 0 Å². The van der Waals surface area contributed by atoms with Crippen molar-refractivity contribution in [1.29, 1.82) is 0 Å². The molecule has 0 atom stereocenters. The van der Waals surface area contributed by atoms with Crippen LogP contribution >= 0.6 is 0 Å². The van der Waals surface area contributed by atoms with Gasteiger partial charge in [0.05, 0.1) is 33.6 Å². The van der Waals surface area contributed by atoms with Gasteiger partial charge in [0.15, 0.2) is 0 Å². The average Bonchev–Trinajstić information content (AvgIpc) is 2.96. The smallest absolute Gasteiger partial charge is 0.405 e. The van der Waals surface area contributed by atoms with Crippen LogP contribution in [0.5, 0.6) is 0 Å². The van der Waals surface area contributed by atoms with Crippen molar-refractivity contribution < 1.29 is 27.9 Å². The Hall–Kier alpha value is -0.0452. The molecule has 0 aromatic heterocycles. The highest BCUT2D eigenvalue weighted by Gasteiger charge is 2.63. The molecule has 0 N–H and O–H groups in total. The molecule has 3 saturated heterocycles. The van der Waals surface area contributed by atoms with Crippen molar-refractivity contribution in [2.45, 2.75) is 145 Å². The Balaban J connectivity index is 0. The molecule has 9 heteroatoms. The van der Waals surface area contributed by atoms with E-state index in [1.807, 2.05) is 76.1 Å². The van der Waals surface area contributed by atoms with Gasteiger partial charge in [-0.3, -0.25) is 0 Å². The molecule has 0 saturated carbocycles. The Morgan fingerprint density at radius 2 is 0.562 bits per heavy atom. The third-order valence-corrected chi connectivity index (χ3v) is 7.14. The molecule has 3 heterocycles. The van der Waals surface area contributed by atoms with Crippen LogP contribution in [-0.4, -0.2) is 54.7 Å². The lowest BCUT2D eigenvalue weighted by atomic mass is 9.49. The molecule has 3 aliphatic rings. The fraction of sp³-hybridized carbons (Fsp3) is 0.957. The molecular formula is C23H52B3O6-. The maximum absolute atomic E-state index is 5.96. The minimum Gasteiger partial charge on any atom is -0.405 e. The van der Waals surface area contributed by atoms with Crippen LogP contribution in [0.25, 0.3) is 0 Å². The molecule has 0 bridgehead atoms. The quantitative estimate of drug-likeness (QED) is 0.352. The second-order valence-electron chi connectivity index (χ2n) is 11.1. The Morgan fingerprint density at radius 1 is 0.406 bits per heavy atom. The summed E-state index contributed by atoms with van der Waals surface area (Å²) in [5.41, 5.74) is -1.76. The van der Waals surface area contributed by atoms with E-state index in [0.29, 0.717) is 0 Å². The van der Waals surface area contributed by atoms with Gasteiger partial charge in [-0.1, -0.05) is 21.3 Å². The molecule has 3 fully saturated rings. The van der Waals surface area contributed by atoms with Crippen molar-refractivity contribution in [3.63, 3.8) is 0 Å². The van der Waals surface area contributed by atoms with E-state index in [-0.39, 0.29) is 55.6 Å². The first kappa shape index (κ1) is 34.1. The van der Waals surface area contributed by atoms with Crippen molar-refractivity contribution in [1.82, 2.24) is 0 Å². The summed E-state index contributed by atoms with van der Waals surface area (Å²) in [6, 6.07) is 0. The zero-order valence-corrected chi connectivity index (χ0v) is 23.2. The van der Waals surface area contributed by atoms with Crippen molar-refractivity contribution in [3.8, 4) is 0 Å². The first-order valence-electron chi connectivity index (χ1n) is 11.3. The molecule has 0 unspecified atom stereocenters. The van der Waals surface area contributed by atoms with Crippen LogP contribution < -0.4 is 0 Å². The summed E-state index contributed by atoms with van der Waals surface area (Å²) in [5.74, 6) is 0. The van der Waals surface area contributed by atoms with Gasteiger partial charge < -0.3 is 35.4 Å². The molecule has 190 valence electrons.